The van der Waals surface area contributed by atoms with E-state index in [0.717, 1.165) is 17.5 Å². The summed E-state index contributed by atoms with van der Waals surface area (Å²) in [6, 6.07) is 15.2. The largest absolute Gasteiger partial charge is 0.330 e. The van der Waals surface area contributed by atoms with E-state index in [-0.39, 0.29) is 23.9 Å². The second-order valence-corrected chi connectivity index (χ2v) is 13.3. The monoisotopic (exact) mass is 550 g/mol. The fraction of sp³-hybridized carbons (Fsp3) is 0.464. The minimum Gasteiger partial charge on any atom is -0.330 e. The number of benzene rings is 2. The molecule has 2 heterocycles. The van der Waals surface area contributed by atoms with Gasteiger partial charge in [0.15, 0.2) is 0 Å². The lowest BCUT2D eigenvalue weighted by atomic mass is 9.67. The summed E-state index contributed by atoms with van der Waals surface area (Å²) in [6.07, 6.45) is 4.46. The first-order chi connectivity index (χ1) is 17.1. The Labute approximate surface area is 226 Å². The highest BCUT2D eigenvalue weighted by molar-refractivity contribution is 8.22. The van der Waals surface area contributed by atoms with E-state index in [2.05, 4.69) is 19.6 Å². The van der Waals surface area contributed by atoms with Crippen LogP contribution in [0.4, 0.5) is 0 Å². The van der Waals surface area contributed by atoms with Crippen molar-refractivity contribution in [2.24, 2.45) is 5.41 Å². The van der Waals surface area contributed by atoms with Gasteiger partial charge in [0.2, 0.25) is 5.91 Å². The molecule has 36 heavy (non-hydrogen) atoms. The summed E-state index contributed by atoms with van der Waals surface area (Å²) in [5.41, 5.74) is 1.44. The fourth-order valence-corrected chi connectivity index (χ4v) is 7.79. The summed E-state index contributed by atoms with van der Waals surface area (Å²) in [5, 5.41) is 1.30. The Morgan fingerprint density at radius 1 is 1.17 bits per heavy atom. The first-order valence-corrected chi connectivity index (χ1v) is 15.0. The molecule has 5 nitrogen and oxygen atoms in total. The maximum absolute atomic E-state index is 14.4. The minimum atomic E-state index is -2.80. The number of likely N-dealkylation sites (tertiary alicyclic amines) is 1. The van der Waals surface area contributed by atoms with Crippen molar-refractivity contribution in [1.29, 1.82) is 0 Å². The van der Waals surface area contributed by atoms with Crippen molar-refractivity contribution in [2.75, 3.05) is 18.8 Å². The Morgan fingerprint density at radius 2 is 1.89 bits per heavy atom. The number of hydrogen-bond acceptors (Lipinski definition) is 4. The SMILES string of the molecule is C=CC[C@@]1(C)C[C@H](c2cccc(Cl)c2)[C@@H](c2ccc(Cl)cc2)N([C@@H](CC)CN2CCCS2(O)O)C1=O. The first-order valence-electron chi connectivity index (χ1n) is 12.5. The number of nitrogens with zero attached hydrogens (tertiary/aromatic N) is 2. The maximum atomic E-state index is 14.4. The lowest BCUT2D eigenvalue weighted by Crippen LogP contribution is -2.57. The zero-order valence-corrected chi connectivity index (χ0v) is 23.3. The van der Waals surface area contributed by atoms with Gasteiger partial charge >= 0.3 is 0 Å². The molecule has 2 aliphatic heterocycles. The van der Waals surface area contributed by atoms with Gasteiger partial charge in [-0.1, -0.05) is 67.4 Å². The third kappa shape index (κ3) is 5.50. The molecular weight excluding hydrogens is 515 g/mol. The molecule has 2 aromatic rings. The van der Waals surface area contributed by atoms with E-state index in [4.69, 9.17) is 23.2 Å². The highest BCUT2D eigenvalue weighted by Crippen LogP contribution is 2.53. The third-order valence-electron chi connectivity index (χ3n) is 7.70. The maximum Gasteiger partial charge on any atom is 0.229 e. The van der Waals surface area contributed by atoms with Crippen molar-refractivity contribution in [3.63, 3.8) is 0 Å². The number of rotatable bonds is 8. The van der Waals surface area contributed by atoms with Crippen LogP contribution < -0.4 is 0 Å². The van der Waals surface area contributed by atoms with E-state index < -0.39 is 16.2 Å². The Kier molecular flexibility index (Phi) is 8.45. The summed E-state index contributed by atoms with van der Waals surface area (Å²) < 4.78 is 23.1. The second kappa shape index (κ2) is 11.1. The van der Waals surface area contributed by atoms with Gasteiger partial charge in [-0.15, -0.1) is 17.4 Å². The fourth-order valence-electron chi connectivity index (χ4n) is 5.86. The zero-order chi connectivity index (χ0) is 26.1. The number of piperidine rings is 1. The average Bonchev–Trinajstić information content (AvgIpc) is 3.17. The number of amides is 1. The Balaban J connectivity index is 1.86. The van der Waals surface area contributed by atoms with Gasteiger partial charge in [-0.05, 0) is 61.1 Å². The van der Waals surface area contributed by atoms with Crippen molar-refractivity contribution in [3.8, 4) is 0 Å². The molecule has 0 bridgehead atoms. The van der Waals surface area contributed by atoms with E-state index in [9.17, 15) is 13.9 Å². The van der Waals surface area contributed by atoms with Crippen LogP contribution >= 0.6 is 34.0 Å². The zero-order valence-electron chi connectivity index (χ0n) is 20.9. The van der Waals surface area contributed by atoms with Crippen LogP contribution in [0.25, 0.3) is 0 Å². The van der Waals surface area contributed by atoms with E-state index in [1.165, 1.54) is 0 Å². The summed E-state index contributed by atoms with van der Waals surface area (Å²) in [4.78, 5) is 16.4. The summed E-state index contributed by atoms with van der Waals surface area (Å²) in [7, 11) is -2.80. The summed E-state index contributed by atoms with van der Waals surface area (Å²) >= 11 is 12.7. The van der Waals surface area contributed by atoms with Crippen LogP contribution in [-0.2, 0) is 4.79 Å². The van der Waals surface area contributed by atoms with Crippen LogP contribution in [0.5, 0.6) is 0 Å². The topological polar surface area (TPSA) is 64.0 Å². The van der Waals surface area contributed by atoms with E-state index in [1.807, 2.05) is 60.4 Å². The molecule has 0 unspecified atom stereocenters. The van der Waals surface area contributed by atoms with Crippen LogP contribution in [0.2, 0.25) is 10.0 Å². The number of carbonyl (C=O) groups excluding carboxylic acids is 1. The molecule has 0 aromatic heterocycles. The third-order valence-corrected chi connectivity index (χ3v) is 10.2. The standard InChI is InChI=1S/C28H36Cl2N2O3S/c1-4-14-28(3)18-25(21-8-6-9-23(30)17-21)26(20-10-12-22(29)13-11-20)32(27(28)33)24(5-2)19-31-15-7-16-36(31,34)35/h4,6,8-13,17,24-26,34-35H,1,5,7,14-16,18-19H2,2-3H3/t24-,25+,26+,28-/m0/s1. The van der Waals surface area contributed by atoms with Crippen LogP contribution in [0.15, 0.2) is 61.2 Å². The second-order valence-electron chi connectivity index (χ2n) is 10.3. The van der Waals surface area contributed by atoms with Gasteiger partial charge in [-0.25, -0.2) is 4.31 Å². The molecule has 2 saturated heterocycles. The molecule has 8 heteroatoms. The Hall–Kier alpha value is -1.54. The molecule has 4 atom stereocenters. The summed E-state index contributed by atoms with van der Waals surface area (Å²) in [5.74, 6) is 0.445. The molecule has 1 amide bonds. The van der Waals surface area contributed by atoms with Crippen LogP contribution in [-0.4, -0.2) is 49.1 Å². The highest BCUT2D eigenvalue weighted by Gasteiger charge is 2.51. The van der Waals surface area contributed by atoms with Crippen molar-refractivity contribution in [2.45, 2.75) is 57.5 Å². The van der Waals surface area contributed by atoms with Crippen molar-refractivity contribution < 1.29 is 13.9 Å². The normalized spacial score (nSPS) is 28.2. The Morgan fingerprint density at radius 3 is 2.47 bits per heavy atom. The number of allylic oxidation sites excluding steroid dienone is 1. The van der Waals surface area contributed by atoms with Gasteiger partial charge < -0.3 is 4.90 Å². The molecule has 2 aliphatic rings. The molecule has 2 N–H and O–H groups in total. The highest BCUT2D eigenvalue weighted by atomic mass is 35.5. The lowest BCUT2D eigenvalue weighted by Gasteiger charge is -2.53. The smallest absolute Gasteiger partial charge is 0.229 e. The molecule has 0 radical (unpaired) electrons. The number of halogens is 2. The van der Waals surface area contributed by atoms with Crippen LogP contribution in [0.3, 0.4) is 0 Å². The molecule has 0 aliphatic carbocycles. The average molecular weight is 552 g/mol. The van der Waals surface area contributed by atoms with Gasteiger partial charge in [0.05, 0.1) is 17.2 Å². The molecule has 196 valence electrons. The van der Waals surface area contributed by atoms with Gasteiger partial charge in [-0.3, -0.25) is 13.9 Å². The molecule has 4 rings (SSSR count). The minimum absolute atomic E-state index is 0.0134. The lowest BCUT2D eigenvalue weighted by molar-refractivity contribution is -0.155. The quantitative estimate of drug-likeness (QED) is 0.329. The molecule has 0 spiro atoms. The number of carbonyl (C=O) groups is 1. The van der Waals surface area contributed by atoms with Crippen molar-refractivity contribution in [1.82, 2.24) is 9.21 Å². The van der Waals surface area contributed by atoms with Crippen molar-refractivity contribution in [3.05, 3.63) is 82.4 Å². The van der Waals surface area contributed by atoms with Gasteiger partial charge in [0.1, 0.15) is 0 Å². The molecule has 2 fully saturated rings. The van der Waals surface area contributed by atoms with E-state index in [1.54, 1.807) is 4.31 Å². The Bertz CT molecular complexity index is 1100. The molecule has 0 saturated carbocycles. The van der Waals surface area contributed by atoms with Gasteiger partial charge in [-0.2, -0.15) is 0 Å². The predicted octanol–water partition coefficient (Wildman–Crippen LogP) is 7.78. The van der Waals surface area contributed by atoms with Crippen LogP contribution in [0.1, 0.15) is 62.6 Å². The van der Waals surface area contributed by atoms with Gasteiger partial charge in [0, 0.05) is 35.1 Å². The van der Waals surface area contributed by atoms with E-state index in [0.29, 0.717) is 48.2 Å². The molecular formula is C28H36Cl2N2O3S. The van der Waals surface area contributed by atoms with Crippen molar-refractivity contribution >= 4 is 39.9 Å². The summed E-state index contributed by atoms with van der Waals surface area (Å²) in [6.45, 7) is 9.07. The van der Waals surface area contributed by atoms with Crippen LogP contribution in [0, 0.1) is 5.41 Å². The number of hydrogen-bond donors (Lipinski definition) is 2. The first kappa shape index (κ1) is 27.5. The molecule has 2 aromatic carbocycles. The van der Waals surface area contributed by atoms with E-state index >= 15 is 0 Å². The predicted molar refractivity (Wildman–Crippen MR) is 151 cm³/mol. The van der Waals surface area contributed by atoms with Gasteiger partial charge in [0.25, 0.3) is 0 Å².